The van der Waals surface area contributed by atoms with Crippen LogP contribution in [0.4, 0.5) is 0 Å². The Morgan fingerprint density at radius 3 is 2.08 bits per heavy atom. The van der Waals surface area contributed by atoms with E-state index in [2.05, 4.69) is 26.1 Å². The van der Waals surface area contributed by atoms with Crippen molar-refractivity contribution in [1.29, 1.82) is 0 Å². The highest BCUT2D eigenvalue weighted by Crippen LogP contribution is 2.28. The minimum atomic E-state index is -0.129. The first-order valence-corrected chi connectivity index (χ1v) is 8.64. The van der Waals surface area contributed by atoms with Gasteiger partial charge in [0.05, 0.1) is 0 Å². The Balaban J connectivity index is 1.89. The molecule has 0 bridgehead atoms. The molecule has 0 unspecified atom stereocenters. The highest BCUT2D eigenvalue weighted by molar-refractivity contribution is 9.10. The van der Waals surface area contributed by atoms with Crippen molar-refractivity contribution in [2.45, 2.75) is 0 Å². The van der Waals surface area contributed by atoms with Gasteiger partial charge in [0.25, 0.3) is 0 Å². The number of halogens is 1. The van der Waals surface area contributed by atoms with Gasteiger partial charge < -0.3 is 0 Å². The van der Waals surface area contributed by atoms with Gasteiger partial charge in [0.1, 0.15) is 11.4 Å². The van der Waals surface area contributed by atoms with E-state index in [4.69, 9.17) is 0 Å². The first-order valence-electron chi connectivity index (χ1n) is 7.85. The maximum absolute atomic E-state index is 12.9. The maximum Gasteiger partial charge on any atom is 0.213 e. The fourth-order valence-electron chi connectivity index (χ4n) is 2.82. The molecule has 0 saturated heterocycles. The number of rotatable bonds is 3. The van der Waals surface area contributed by atoms with E-state index in [-0.39, 0.29) is 5.78 Å². The average molecular weight is 389 g/mol. The van der Waals surface area contributed by atoms with E-state index in [1.807, 2.05) is 66.7 Å². The molecule has 0 aliphatic heterocycles. The largest absolute Gasteiger partial charge is 0.287 e. The number of carbonyl (C=O) groups excluding carboxylic acids is 1. The predicted molar refractivity (Wildman–Crippen MR) is 103 cm³/mol. The zero-order valence-corrected chi connectivity index (χ0v) is 14.8. The van der Waals surface area contributed by atoms with Crippen molar-refractivity contribution in [1.82, 2.24) is 10.2 Å². The first-order chi connectivity index (χ1) is 12.2. The van der Waals surface area contributed by atoms with E-state index < -0.39 is 0 Å². The summed E-state index contributed by atoms with van der Waals surface area (Å²) in [6.07, 6.45) is 0. The Hall–Kier alpha value is -2.85. The van der Waals surface area contributed by atoms with Gasteiger partial charge in [0, 0.05) is 26.4 Å². The van der Waals surface area contributed by atoms with Crippen molar-refractivity contribution in [3.05, 3.63) is 94.6 Å². The Kier molecular flexibility index (Phi) is 4.12. The quantitative estimate of drug-likeness (QED) is 0.447. The monoisotopic (exact) mass is 388 g/mol. The summed E-state index contributed by atoms with van der Waals surface area (Å²) < 4.78 is 0.930. The first kappa shape index (κ1) is 15.7. The molecule has 1 aromatic heterocycles. The van der Waals surface area contributed by atoms with Crippen molar-refractivity contribution < 1.29 is 4.79 Å². The molecule has 0 saturated carbocycles. The minimum Gasteiger partial charge on any atom is -0.287 e. The number of aromatic nitrogens is 2. The summed E-state index contributed by atoms with van der Waals surface area (Å²) in [5.41, 5.74) is 2.73. The standard InChI is InChI=1S/C21H13BrN2O/c22-16-12-10-15(11-13-16)21(25)20-18-9-5-4-8-17(18)19(23-24-20)14-6-2-1-3-7-14/h1-13H. The summed E-state index contributed by atoms with van der Waals surface area (Å²) in [5.74, 6) is -0.129. The second-order valence-electron chi connectivity index (χ2n) is 5.64. The van der Waals surface area contributed by atoms with Crippen LogP contribution in [-0.2, 0) is 0 Å². The van der Waals surface area contributed by atoms with Crippen LogP contribution in [0.2, 0.25) is 0 Å². The molecule has 4 rings (SSSR count). The van der Waals surface area contributed by atoms with E-state index >= 15 is 0 Å². The summed E-state index contributed by atoms with van der Waals surface area (Å²) in [7, 11) is 0. The van der Waals surface area contributed by atoms with Gasteiger partial charge in [-0.05, 0) is 24.3 Å². The number of benzene rings is 3. The summed E-state index contributed by atoms with van der Waals surface area (Å²) in [4.78, 5) is 12.9. The van der Waals surface area contributed by atoms with Gasteiger partial charge in [0.15, 0.2) is 0 Å². The average Bonchev–Trinajstić information content (AvgIpc) is 2.68. The van der Waals surface area contributed by atoms with Gasteiger partial charge in [-0.1, -0.05) is 70.5 Å². The van der Waals surface area contributed by atoms with Crippen molar-refractivity contribution in [3.8, 4) is 11.3 Å². The number of hydrogen-bond acceptors (Lipinski definition) is 3. The lowest BCUT2D eigenvalue weighted by Gasteiger charge is -2.09. The van der Waals surface area contributed by atoms with Crippen molar-refractivity contribution >= 4 is 32.5 Å². The molecule has 25 heavy (non-hydrogen) atoms. The Bertz CT molecular complexity index is 1060. The fourth-order valence-corrected chi connectivity index (χ4v) is 3.08. The lowest BCUT2D eigenvalue weighted by atomic mass is 10.00. The molecular weight excluding hydrogens is 376 g/mol. The molecule has 4 heteroatoms. The number of fused-ring (bicyclic) bond motifs is 1. The Morgan fingerprint density at radius 2 is 1.36 bits per heavy atom. The molecule has 0 spiro atoms. The third-order valence-electron chi connectivity index (χ3n) is 4.06. The fraction of sp³-hybridized carbons (Fsp3) is 0. The van der Waals surface area contributed by atoms with E-state index in [9.17, 15) is 4.79 Å². The minimum absolute atomic E-state index is 0.129. The molecule has 0 fully saturated rings. The smallest absolute Gasteiger partial charge is 0.213 e. The normalized spacial score (nSPS) is 10.8. The van der Waals surface area contributed by atoms with Crippen LogP contribution in [0.5, 0.6) is 0 Å². The lowest BCUT2D eigenvalue weighted by Crippen LogP contribution is -2.07. The predicted octanol–water partition coefficient (Wildman–Crippen LogP) is 5.29. The van der Waals surface area contributed by atoms with Crippen LogP contribution in [0.15, 0.2) is 83.3 Å². The van der Waals surface area contributed by atoms with Crippen LogP contribution in [0.3, 0.4) is 0 Å². The summed E-state index contributed by atoms with van der Waals surface area (Å²) in [6.45, 7) is 0. The highest BCUT2D eigenvalue weighted by Gasteiger charge is 2.17. The molecule has 0 aliphatic carbocycles. The van der Waals surface area contributed by atoms with E-state index in [0.717, 1.165) is 26.5 Å². The molecule has 1 heterocycles. The van der Waals surface area contributed by atoms with Crippen LogP contribution in [-0.4, -0.2) is 16.0 Å². The molecule has 0 N–H and O–H groups in total. The van der Waals surface area contributed by atoms with Crippen molar-refractivity contribution in [2.75, 3.05) is 0 Å². The highest BCUT2D eigenvalue weighted by atomic mass is 79.9. The van der Waals surface area contributed by atoms with Crippen molar-refractivity contribution in [3.63, 3.8) is 0 Å². The van der Waals surface area contributed by atoms with Gasteiger partial charge in [0.2, 0.25) is 5.78 Å². The van der Waals surface area contributed by atoms with Crippen LogP contribution in [0.1, 0.15) is 16.1 Å². The van der Waals surface area contributed by atoms with Gasteiger partial charge in [-0.2, -0.15) is 0 Å². The summed E-state index contributed by atoms with van der Waals surface area (Å²) in [5, 5.41) is 10.4. The van der Waals surface area contributed by atoms with Gasteiger partial charge in [-0.25, -0.2) is 0 Å². The molecule has 0 aliphatic rings. The number of carbonyl (C=O) groups is 1. The van der Waals surface area contributed by atoms with Gasteiger partial charge in [-0.3, -0.25) is 4.79 Å². The van der Waals surface area contributed by atoms with Crippen LogP contribution < -0.4 is 0 Å². The molecule has 3 nitrogen and oxygen atoms in total. The maximum atomic E-state index is 12.9. The lowest BCUT2D eigenvalue weighted by molar-refractivity contribution is 0.103. The topological polar surface area (TPSA) is 42.9 Å². The van der Waals surface area contributed by atoms with Crippen LogP contribution in [0.25, 0.3) is 22.0 Å². The Morgan fingerprint density at radius 1 is 0.720 bits per heavy atom. The number of hydrogen-bond donors (Lipinski definition) is 0. The molecule has 3 aromatic carbocycles. The molecule has 0 amide bonds. The zero-order valence-electron chi connectivity index (χ0n) is 13.2. The molecular formula is C21H13BrN2O. The van der Waals surface area contributed by atoms with E-state index in [1.54, 1.807) is 12.1 Å². The molecule has 120 valence electrons. The van der Waals surface area contributed by atoms with Gasteiger partial charge in [-0.15, -0.1) is 10.2 Å². The van der Waals surface area contributed by atoms with E-state index in [0.29, 0.717) is 11.3 Å². The Labute approximate surface area is 153 Å². The second kappa shape index (κ2) is 6.57. The van der Waals surface area contributed by atoms with Crippen LogP contribution >= 0.6 is 15.9 Å². The third-order valence-corrected chi connectivity index (χ3v) is 4.58. The molecule has 4 aromatic rings. The summed E-state index contributed by atoms with van der Waals surface area (Å²) in [6, 6.07) is 24.9. The third kappa shape index (κ3) is 2.96. The van der Waals surface area contributed by atoms with Gasteiger partial charge >= 0.3 is 0 Å². The molecule has 0 radical (unpaired) electrons. The zero-order chi connectivity index (χ0) is 17.2. The second-order valence-corrected chi connectivity index (χ2v) is 6.56. The SMILES string of the molecule is O=C(c1ccc(Br)cc1)c1nnc(-c2ccccc2)c2ccccc12. The number of nitrogens with zero attached hydrogens (tertiary/aromatic N) is 2. The summed E-state index contributed by atoms with van der Waals surface area (Å²) >= 11 is 3.39. The number of ketones is 1. The van der Waals surface area contributed by atoms with E-state index in [1.165, 1.54) is 0 Å². The van der Waals surface area contributed by atoms with Crippen LogP contribution in [0, 0.1) is 0 Å². The molecule has 0 atom stereocenters. The van der Waals surface area contributed by atoms with Crippen molar-refractivity contribution in [2.24, 2.45) is 0 Å².